The predicted molar refractivity (Wildman–Crippen MR) is 52.4 cm³/mol. The smallest absolute Gasteiger partial charge is 0.104 e. The summed E-state index contributed by atoms with van der Waals surface area (Å²) in [6.07, 6.45) is 4.72. The van der Waals surface area contributed by atoms with Crippen molar-refractivity contribution in [3.8, 4) is 0 Å². The molecule has 0 heterocycles. The molecule has 1 aliphatic carbocycles. The maximum Gasteiger partial charge on any atom is 0.104 e. The average molecular weight is 151 g/mol. The van der Waals surface area contributed by atoms with E-state index < -0.39 is 0 Å². The monoisotopic (exact) mass is 151 g/mol. The zero-order valence-corrected chi connectivity index (χ0v) is 8.07. The highest BCUT2D eigenvalue weighted by Gasteiger charge is 2.22. The van der Waals surface area contributed by atoms with Crippen molar-refractivity contribution >= 4 is 7.85 Å². The van der Waals surface area contributed by atoms with Gasteiger partial charge >= 0.3 is 0 Å². The van der Waals surface area contributed by atoms with E-state index in [9.17, 15) is 0 Å². The van der Waals surface area contributed by atoms with E-state index in [-0.39, 0.29) is 5.54 Å². The number of hydrogen-bond donors (Lipinski definition) is 1. The highest BCUT2D eigenvalue weighted by atomic mass is 15.0. The van der Waals surface area contributed by atoms with E-state index in [0.29, 0.717) is 0 Å². The van der Waals surface area contributed by atoms with Gasteiger partial charge in [-0.3, -0.25) is 0 Å². The normalized spacial score (nSPS) is 23.9. The van der Waals surface area contributed by atoms with Crippen LogP contribution in [0.5, 0.6) is 0 Å². The van der Waals surface area contributed by atoms with Gasteiger partial charge in [-0.15, -0.1) is 0 Å². The summed E-state index contributed by atoms with van der Waals surface area (Å²) in [5.41, 5.74) is 1.72. The van der Waals surface area contributed by atoms with Gasteiger partial charge in [0.1, 0.15) is 7.85 Å². The highest BCUT2D eigenvalue weighted by Crippen LogP contribution is 2.26. The molecule has 0 aromatic rings. The summed E-state index contributed by atoms with van der Waals surface area (Å²) in [5.74, 6) is 0.765. The summed E-state index contributed by atoms with van der Waals surface area (Å²) in [7, 11) is 2.22. The maximum atomic E-state index is 3.55. The van der Waals surface area contributed by atoms with Crippen LogP contribution < -0.4 is 5.32 Å². The molecule has 0 radical (unpaired) electrons. The Morgan fingerprint density at radius 3 is 2.64 bits per heavy atom. The van der Waals surface area contributed by atoms with E-state index in [4.69, 9.17) is 0 Å². The van der Waals surface area contributed by atoms with Crippen LogP contribution in [0.3, 0.4) is 0 Å². The second-order valence-corrected chi connectivity index (χ2v) is 4.16. The Labute approximate surface area is 70.7 Å². The minimum atomic E-state index is 0.278. The fourth-order valence-corrected chi connectivity index (χ4v) is 1.12. The number of rotatable bonds is 3. The minimum absolute atomic E-state index is 0.278. The number of hydrogen-bond acceptors (Lipinski definition) is 1. The van der Waals surface area contributed by atoms with Crippen LogP contribution >= 0.6 is 0 Å². The van der Waals surface area contributed by atoms with Gasteiger partial charge in [-0.2, -0.15) is 0 Å². The summed E-state index contributed by atoms with van der Waals surface area (Å²) < 4.78 is 0. The fourth-order valence-electron chi connectivity index (χ4n) is 1.12. The van der Waals surface area contributed by atoms with Crippen LogP contribution in [0.2, 0.25) is 6.32 Å². The Balaban J connectivity index is 2.42. The summed E-state index contributed by atoms with van der Waals surface area (Å²) in [5, 5.41) is 3.55. The Bertz CT molecular complexity index is 172. The third-order valence-electron chi connectivity index (χ3n) is 2.59. The maximum absolute atomic E-state index is 3.55. The third kappa shape index (κ3) is 2.01. The SMILES string of the molecule is BCC(C)(C)NC1=CCC1C. The molecule has 1 rings (SSSR count). The summed E-state index contributed by atoms with van der Waals surface area (Å²) >= 11 is 0. The predicted octanol–water partition coefficient (Wildman–Crippen LogP) is 1.33. The first-order chi connectivity index (χ1) is 5.05. The van der Waals surface area contributed by atoms with Gasteiger partial charge in [-0.1, -0.05) is 19.3 Å². The Hall–Kier alpha value is -0.395. The van der Waals surface area contributed by atoms with Crippen molar-refractivity contribution in [2.75, 3.05) is 0 Å². The third-order valence-corrected chi connectivity index (χ3v) is 2.59. The zero-order chi connectivity index (χ0) is 8.48. The number of nitrogens with one attached hydrogen (secondary N) is 1. The molecule has 0 aliphatic heterocycles. The summed E-state index contributed by atoms with van der Waals surface area (Å²) in [6, 6.07) is 0. The Morgan fingerprint density at radius 1 is 1.73 bits per heavy atom. The van der Waals surface area contributed by atoms with Crippen LogP contribution in [0.15, 0.2) is 11.8 Å². The van der Waals surface area contributed by atoms with E-state index in [2.05, 4.69) is 40.0 Å². The van der Waals surface area contributed by atoms with Crippen LogP contribution in [-0.4, -0.2) is 13.4 Å². The molecular weight excluding hydrogens is 133 g/mol. The van der Waals surface area contributed by atoms with Gasteiger partial charge in [0, 0.05) is 11.2 Å². The van der Waals surface area contributed by atoms with E-state index in [1.54, 1.807) is 0 Å². The molecular formula is C9H18BN. The van der Waals surface area contributed by atoms with Crippen molar-refractivity contribution in [2.45, 2.75) is 39.1 Å². The van der Waals surface area contributed by atoms with E-state index >= 15 is 0 Å². The lowest BCUT2D eigenvalue weighted by molar-refractivity contribution is 0.415. The second kappa shape index (κ2) is 2.92. The number of allylic oxidation sites excluding steroid dienone is 2. The molecule has 62 valence electrons. The molecule has 1 aliphatic rings. The standard InChI is InChI=1S/C9H18BN/c1-7-4-5-8(7)11-9(2,3)6-10/h5,7,11H,4,6,10H2,1-3H3. The molecule has 0 saturated heterocycles. The van der Waals surface area contributed by atoms with Gasteiger partial charge in [0.2, 0.25) is 0 Å². The molecule has 1 atom stereocenters. The minimum Gasteiger partial charge on any atom is -0.384 e. The highest BCUT2D eigenvalue weighted by molar-refractivity contribution is 6.09. The topological polar surface area (TPSA) is 12.0 Å². The van der Waals surface area contributed by atoms with Crippen molar-refractivity contribution in [1.29, 1.82) is 0 Å². The molecule has 1 unspecified atom stereocenters. The van der Waals surface area contributed by atoms with E-state index in [1.807, 2.05) is 0 Å². The first kappa shape index (κ1) is 8.70. The van der Waals surface area contributed by atoms with Gasteiger partial charge in [-0.05, 0) is 26.2 Å². The molecule has 0 saturated carbocycles. The fraction of sp³-hybridized carbons (Fsp3) is 0.778. The van der Waals surface area contributed by atoms with Gasteiger partial charge in [0.15, 0.2) is 0 Å². The molecule has 0 aromatic carbocycles. The largest absolute Gasteiger partial charge is 0.384 e. The molecule has 0 aromatic heterocycles. The molecule has 2 heteroatoms. The van der Waals surface area contributed by atoms with Gasteiger partial charge < -0.3 is 5.32 Å². The van der Waals surface area contributed by atoms with Gasteiger partial charge in [-0.25, -0.2) is 0 Å². The van der Waals surface area contributed by atoms with Crippen LogP contribution in [0.25, 0.3) is 0 Å². The van der Waals surface area contributed by atoms with Crippen LogP contribution in [0, 0.1) is 5.92 Å². The Morgan fingerprint density at radius 2 is 2.36 bits per heavy atom. The van der Waals surface area contributed by atoms with Gasteiger partial charge in [0.25, 0.3) is 0 Å². The average Bonchev–Trinajstić information content (AvgIpc) is 1.98. The van der Waals surface area contributed by atoms with Crippen LogP contribution in [0.4, 0.5) is 0 Å². The summed E-state index contributed by atoms with van der Waals surface area (Å²) in [6.45, 7) is 6.77. The summed E-state index contributed by atoms with van der Waals surface area (Å²) in [4.78, 5) is 0. The molecule has 1 nitrogen and oxygen atoms in total. The van der Waals surface area contributed by atoms with Crippen molar-refractivity contribution in [2.24, 2.45) is 5.92 Å². The van der Waals surface area contributed by atoms with Crippen molar-refractivity contribution in [3.63, 3.8) is 0 Å². The van der Waals surface area contributed by atoms with Crippen molar-refractivity contribution < 1.29 is 0 Å². The van der Waals surface area contributed by atoms with E-state index in [1.165, 1.54) is 18.4 Å². The molecule has 0 spiro atoms. The van der Waals surface area contributed by atoms with Crippen molar-refractivity contribution in [1.82, 2.24) is 5.32 Å². The Kier molecular flexibility index (Phi) is 2.31. The lowest BCUT2D eigenvalue weighted by atomic mass is 9.84. The lowest BCUT2D eigenvalue weighted by Crippen LogP contribution is -2.41. The molecule has 0 amide bonds. The van der Waals surface area contributed by atoms with Crippen LogP contribution in [-0.2, 0) is 0 Å². The lowest BCUT2D eigenvalue weighted by Gasteiger charge is -2.34. The first-order valence-corrected chi connectivity index (χ1v) is 4.53. The van der Waals surface area contributed by atoms with Crippen LogP contribution in [0.1, 0.15) is 27.2 Å². The zero-order valence-electron chi connectivity index (χ0n) is 8.07. The molecule has 11 heavy (non-hydrogen) atoms. The van der Waals surface area contributed by atoms with Crippen molar-refractivity contribution in [3.05, 3.63) is 11.8 Å². The second-order valence-electron chi connectivity index (χ2n) is 4.16. The first-order valence-electron chi connectivity index (χ1n) is 4.53. The molecule has 1 N–H and O–H groups in total. The van der Waals surface area contributed by atoms with Gasteiger partial charge in [0.05, 0.1) is 0 Å². The molecule has 0 bridgehead atoms. The molecule has 0 fully saturated rings. The van der Waals surface area contributed by atoms with E-state index in [0.717, 1.165) is 5.92 Å². The quantitative estimate of drug-likeness (QED) is 0.600.